The van der Waals surface area contributed by atoms with Crippen LogP contribution in [0.5, 0.6) is 0 Å². The molecule has 4 heteroatoms. The molecule has 0 spiro atoms. The van der Waals surface area contributed by atoms with Gasteiger partial charge in [-0.1, -0.05) is 43.9 Å². The number of fused-ring (bicyclic) bond motifs is 2. The van der Waals surface area contributed by atoms with Crippen molar-refractivity contribution in [1.82, 2.24) is 14.0 Å². The predicted molar refractivity (Wildman–Crippen MR) is 142 cm³/mol. The lowest BCUT2D eigenvalue weighted by Gasteiger charge is -2.15. The molecule has 1 aliphatic rings. The van der Waals surface area contributed by atoms with E-state index in [0.717, 1.165) is 50.8 Å². The number of hydrogen-bond donors (Lipinski definition) is 0. The Balaban J connectivity index is 2.70. The van der Waals surface area contributed by atoms with E-state index in [0.29, 0.717) is 0 Å². The Kier molecular flexibility index (Phi) is 7.16. The van der Waals surface area contributed by atoms with Crippen molar-refractivity contribution in [2.24, 2.45) is 7.05 Å². The van der Waals surface area contributed by atoms with Crippen LogP contribution in [0.15, 0.2) is 53.0 Å². The van der Waals surface area contributed by atoms with E-state index in [4.69, 9.17) is 0 Å². The van der Waals surface area contributed by atoms with E-state index in [2.05, 4.69) is 68.8 Å². The van der Waals surface area contributed by atoms with Crippen molar-refractivity contribution in [1.29, 1.82) is 0 Å². The van der Waals surface area contributed by atoms with E-state index in [9.17, 15) is 4.79 Å². The van der Waals surface area contributed by atoms with Gasteiger partial charge in [0.15, 0.2) is 0 Å². The maximum atomic E-state index is 13.7. The Morgan fingerprint density at radius 1 is 1.21 bits per heavy atom. The molecular weight excluding hydrogens is 406 g/mol. The van der Waals surface area contributed by atoms with E-state index in [-0.39, 0.29) is 5.69 Å². The van der Waals surface area contributed by atoms with Crippen molar-refractivity contribution in [3.63, 3.8) is 0 Å². The highest BCUT2D eigenvalue weighted by atomic mass is 16.1. The second kappa shape index (κ2) is 9.70. The maximum Gasteiger partial charge on any atom is 0.333 e. The molecule has 0 N–H and O–H groups in total. The van der Waals surface area contributed by atoms with Crippen LogP contribution in [-0.2, 0) is 7.05 Å². The summed E-state index contributed by atoms with van der Waals surface area (Å²) in [4.78, 5) is 15.8. The van der Waals surface area contributed by atoms with Crippen LogP contribution < -0.4 is 16.3 Å². The molecule has 1 aliphatic carbocycles. The first-order valence-corrected chi connectivity index (χ1v) is 11.6. The first-order valence-electron chi connectivity index (χ1n) is 11.6. The van der Waals surface area contributed by atoms with E-state index in [1.165, 1.54) is 16.7 Å². The summed E-state index contributed by atoms with van der Waals surface area (Å²) >= 11 is 0. The van der Waals surface area contributed by atoms with Gasteiger partial charge in [-0.25, -0.2) is 4.79 Å². The molecule has 0 amide bonds. The summed E-state index contributed by atoms with van der Waals surface area (Å²) in [7, 11) is 5.94. The summed E-state index contributed by atoms with van der Waals surface area (Å²) in [5.74, 6) is 0. The van der Waals surface area contributed by atoms with E-state index in [1.807, 2.05) is 45.6 Å². The molecule has 0 aliphatic heterocycles. The molecule has 4 nitrogen and oxygen atoms in total. The molecule has 33 heavy (non-hydrogen) atoms. The standard InChI is InChI=1S/C29H37N3O/c1-10-19(4)27(22(11-2)12-3)32-28-25-17-24(21(6)18-30(7)8)20(5)16-23(25)14-13-15-26(28)31(9)29(32)33/h10-11,14-18H,1,12-13H2,2-9H3/b21-18+,22-11-,27-19+. The minimum Gasteiger partial charge on any atom is -0.383 e. The van der Waals surface area contributed by atoms with Gasteiger partial charge in [0, 0.05) is 32.6 Å². The van der Waals surface area contributed by atoms with Gasteiger partial charge in [0.05, 0.1) is 16.4 Å². The van der Waals surface area contributed by atoms with E-state index >= 15 is 0 Å². The van der Waals surface area contributed by atoms with Crippen molar-refractivity contribution < 1.29 is 0 Å². The zero-order valence-corrected chi connectivity index (χ0v) is 21.4. The average Bonchev–Trinajstić information content (AvgIpc) is 2.90. The first kappa shape index (κ1) is 24.4. The number of aromatic nitrogens is 2. The monoisotopic (exact) mass is 443 g/mol. The van der Waals surface area contributed by atoms with E-state index in [1.54, 1.807) is 4.57 Å². The van der Waals surface area contributed by atoms with Gasteiger partial charge in [-0.15, -0.1) is 0 Å². The quantitative estimate of drug-likeness (QED) is 0.618. The van der Waals surface area contributed by atoms with Crippen LogP contribution >= 0.6 is 0 Å². The molecule has 1 aromatic heterocycles. The van der Waals surface area contributed by atoms with Gasteiger partial charge in [-0.2, -0.15) is 0 Å². The third-order valence-electron chi connectivity index (χ3n) is 6.42. The van der Waals surface area contributed by atoms with Crippen LogP contribution in [0, 0.1) is 17.5 Å². The highest BCUT2D eigenvalue weighted by molar-refractivity contribution is 5.70. The minimum absolute atomic E-state index is 0.0317. The largest absolute Gasteiger partial charge is 0.383 e. The fourth-order valence-electron chi connectivity index (χ4n) is 4.78. The van der Waals surface area contributed by atoms with E-state index < -0.39 is 0 Å². The number of aryl methyl sites for hydroxylation is 1. The number of nitrogens with zero attached hydrogens (tertiary/aromatic N) is 3. The van der Waals surface area contributed by atoms with Gasteiger partial charge in [0.25, 0.3) is 0 Å². The van der Waals surface area contributed by atoms with Gasteiger partial charge in [-0.05, 0) is 79.7 Å². The first-order chi connectivity index (χ1) is 15.7. The molecule has 2 aromatic rings. The second-order valence-electron chi connectivity index (χ2n) is 8.99. The zero-order chi connectivity index (χ0) is 24.4. The van der Waals surface area contributed by atoms with Gasteiger partial charge >= 0.3 is 5.69 Å². The van der Waals surface area contributed by atoms with Crippen LogP contribution in [-0.4, -0.2) is 28.1 Å². The Morgan fingerprint density at radius 3 is 2.48 bits per heavy atom. The third-order valence-corrected chi connectivity index (χ3v) is 6.42. The molecule has 0 fully saturated rings. The van der Waals surface area contributed by atoms with Crippen molar-refractivity contribution in [2.75, 3.05) is 14.1 Å². The number of benzene rings is 1. The van der Waals surface area contributed by atoms with Crippen LogP contribution in [0.2, 0.25) is 0 Å². The molecule has 0 unspecified atom stereocenters. The zero-order valence-electron chi connectivity index (χ0n) is 21.4. The summed E-state index contributed by atoms with van der Waals surface area (Å²) in [6, 6.07) is 4.51. The number of hydrogen-bond acceptors (Lipinski definition) is 2. The number of imidazole rings is 1. The van der Waals surface area contributed by atoms with Crippen molar-refractivity contribution in [3.8, 4) is 0 Å². The van der Waals surface area contributed by atoms with Crippen LogP contribution in [0.3, 0.4) is 0 Å². The molecule has 0 saturated heterocycles. The topological polar surface area (TPSA) is 30.2 Å². The fourth-order valence-corrected chi connectivity index (χ4v) is 4.78. The molecule has 0 atom stereocenters. The van der Waals surface area contributed by atoms with Crippen LogP contribution in [0.4, 0.5) is 0 Å². The Bertz CT molecular complexity index is 1470. The average molecular weight is 444 g/mol. The Hall–Kier alpha value is -3.27. The summed E-state index contributed by atoms with van der Waals surface area (Å²) in [6.45, 7) is 14.5. The molecular formula is C29H37N3O. The van der Waals surface area contributed by atoms with Crippen LogP contribution in [0.1, 0.15) is 51.7 Å². The summed E-state index contributed by atoms with van der Waals surface area (Å²) in [6.07, 6.45) is 12.1. The molecule has 1 heterocycles. The van der Waals surface area contributed by atoms with Gasteiger partial charge < -0.3 is 4.90 Å². The SMILES string of the molecule is C=C/C(C)=C(\C(=C/C)CC)n1c2c(n(C)c1=O)=CCC=c1cc(C)c(/C(C)=C/N(C)C)cc1=2. The molecule has 0 saturated carbocycles. The molecule has 0 radical (unpaired) electrons. The smallest absolute Gasteiger partial charge is 0.333 e. The maximum absolute atomic E-state index is 13.7. The van der Waals surface area contributed by atoms with Gasteiger partial charge in [0.2, 0.25) is 0 Å². The minimum atomic E-state index is -0.0317. The normalized spacial score (nSPS) is 14.4. The number of allylic oxidation sites excluding steroid dienone is 6. The lowest BCUT2D eigenvalue weighted by Crippen LogP contribution is -2.26. The second-order valence-corrected chi connectivity index (χ2v) is 8.99. The van der Waals surface area contributed by atoms with Crippen molar-refractivity contribution in [3.05, 3.63) is 91.0 Å². The lowest BCUT2D eigenvalue weighted by molar-refractivity contribution is 0.565. The van der Waals surface area contributed by atoms with Crippen molar-refractivity contribution in [2.45, 2.75) is 47.5 Å². The lowest BCUT2D eigenvalue weighted by atomic mass is 9.99. The summed E-state index contributed by atoms with van der Waals surface area (Å²) in [5.41, 5.74) is 6.64. The fraction of sp³-hybridized carbons (Fsp3) is 0.345. The molecule has 0 bridgehead atoms. The molecule has 1 aromatic carbocycles. The van der Waals surface area contributed by atoms with Gasteiger partial charge in [-0.3, -0.25) is 9.13 Å². The van der Waals surface area contributed by atoms with Crippen molar-refractivity contribution >= 4 is 23.4 Å². The highest BCUT2D eigenvalue weighted by Gasteiger charge is 2.18. The summed E-state index contributed by atoms with van der Waals surface area (Å²) < 4.78 is 3.68. The van der Waals surface area contributed by atoms with Gasteiger partial charge in [0.1, 0.15) is 0 Å². The molecule has 174 valence electrons. The Labute approximate surface area is 197 Å². The number of rotatable bonds is 6. The third kappa shape index (κ3) is 4.35. The van der Waals surface area contributed by atoms with Crippen LogP contribution in [0.25, 0.3) is 23.4 Å². The molecule has 3 rings (SSSR count). The predicted octanol–water partition coefficient (Wildman–Crippen LogP) is 4.44. The summed E-state index contributed by atoms with van der Waals surface area (Å²) in [5, 5.41) is 4.16. The highest BCUT2D eigenvalue weighted by Crippen LogP contribution is 2.24. The Morgan fingerprint density at radius 2 is 1.91 bits per heavy atom.